The number of hydrogen-bond donors (Lipinski definition) is 2. The second-order valence-corrected chi connectivity index (χ2v) is 8.36. The quantitative estimate of drug-likeness (QED) is 0.469. The van der Waals surface area contributed by atoms with Crippen molar-refractivity contribution in [2.45, 2.75) is 65.3 Å². The predicted octanol–water partition coefficient (Wildman–Crippen LogP) is 2.87. The third-order valence-corrected chi connectivity index (χ3v) is 5.77. The fourth-order valence-corrected chi connectivity index (χ4v) is 4.12. The van der Waals surface area contributed by atoms with Crippen LogP contribution in [-0.2, 0) is 4.74 Å². The Morgan fingerprint density at radius 1 is 1.28 bits per heavy atom. The molecule has 2 fully saturated rings. The maximum atomic E-state index is 5.30. The Kier molecular flexibility index (Phi) is 8.50. The van der Waals surface area contributed by atoms with Crippen molar-refractivity contribution in [2.75, 3.05) is 46.4 Å². The van der Waals surface area contributed by atoms with Gasteiger partial charge in [0.15, 0.2) is 5.96 Å². The molecule has 1 atom stereocenters. The fraction of sp³-hybridized carbons (Fsp3) is 0.950. The average Bonchev–Trinajstić information content (AvgIpc) is 2.97. The average molecular weight is 353 g/mol. The highest BCUT2D eigenvalue weighted by atomic mass is 16.5. The van der Waals surface area contributed by atoms with Crippen LogP contribution in [0.15, 0.2) is 4.99 Å². The molecule has 5 nitrogen and oxygen atoms in total. The van der Waals surface area contributed by atoms with Crippen LogP contribution in [0.1, 0.15) is 59.3 Å². The lowest BCUT2D eigenvalue weighted by molar-refractivity contribution is 0.0778. The van der Waals surface area contributed by atoms with Gasteiger partial charge in [-0.3, -0.25) is 9.89 Å². The minimum Gasteiger partial charge on any atom is -0.385 e. The van der Waals surface area contributed by atoms with Gasteiger partial charge in [0.05, 0.1) is 0 Å². The van der Waals surface area contributed by atoms with Crippen LogP contribution < -0.4 is 10.6 Å². The summed E-state index contributed by atoms with van der Waals surface area (Å²) in [7, 11) is 1.80. The molecule has 2 rings (SSSR count). The molecule has 0 radical (unpaired) electrons. The standard InChI is InChI=1S/C20H40N4O/c1-5-21-19(23-16-20(9-7-10-20)11-13-25-4)22-14-18-8-6-12-24(18)15-17(2)3/h17-18H,5-16H2,1-4H3,(H2,21,22,23)/t18-/m1/s1. The number of nitrogens with one attached hydrogen (secondary N) is 2. The lowest BCUT2D eigenvalue weighted by atomic mass is 9.67. The van der Waals surface area contributed by atoms with E-state index in [2.05, 4.69) is 36.3 Å². The molecule has 2 aliphatic rings. The van der Waals surface area contributed by atoms with Crippen molar-refractivity contribution >= 4 is 5.96 Å². The van der Waals surface area contributed by atoms with Crippen molar-refractivity contribution in [1.82, 2.24) is 15.5 Å². The van der Waals surface area contributed by atoms with Crippen molar-refractivity contribution in [3.8, 4) is 0 Å². The Bertz CT molecular complexity index is 407. The molecule has 0 unspecified atom stereocenters. The van der Waals surface area contributed by atoms with Gasteiger partial charge in [-0.1, -0.05) is 20.3 Å². The lowest BCUT2D eigenvalue weighted by Crippen LogP contribution is -2.46. The molecule has 5 heteroatoms. The van der Waals surface area contributed by atoms with Gasteiger partial charge in [0.25, 0.3) is 0 Å². The van der Waals surface area contributed by atoms with Gasteiger partial charge in [-0.05, 0) is 56.9 Å². The first-order valence-electron chi connectivity index (χ1n) is 10.3. The zero-order chi connectivity index (χ0) is 18.1. The van der Waals surface area contributed by atoms with E-state index in [9.17, 15) is 0 Å². The number of rotatable bonds is 10. The molecule has 0 aromatic rings. The molecule has 2 N–H and O–H groups in total. The number of aliphatic imine (C=N–C) groups is 1. The van der Waals surface area contributed by atoms with Gasteiger partial charge >= 0.3 is 0 Å². The molecule has 0 aromatic carbocycles. The Balaban J connectivity index is 1.85. The first kappa shape index (κ1) is 20.5. The zero-order valence-corrected chi connectivity index (χ0v) is 16.9. The van der Waals surface area contributed by atoms with Crippen LogP contribution in [-0.4, -0.2) is 63.3 Å². The summed E-state index contributed by atoms with van der Waals surface area (Å²) in [6.07, 6.45) is 7.70. The SMILES string of the molecule is CCNC(=NCC1(CCOC)CCC1)NC[C@H]1CCCN1CC(C)C. The van der Waals surface area contributed by atoms with E-state index < -0.39 is 0 Å². The van der Waals surface area contributed by atoms with Gasteiger partial charge in [-0.2, -0.15) is 0 Å². The first-order valence-corrected chi connectivity index (χ1v) is 10.3. The van der Waals surface area contributed by atoms with Gasteiger partial charge in [0.2, 0.25) is 0 Å². The fourth-order valence-electron chi connectivity index (χ4n) is 4.12. The number of nitrogens with zero attached hydrogens (tertiary/aromatic N) is 2. The molecule has 0 amide bonds. The van der Waals surface area contributed by atoms with E-state index in [1.54, 1.807) is 7.11 Å². The second kappa shape index (κ2) is 10.4. The Morgan fingerprint density at radius 2 is 2.08 bits per heavy atom. The third kappa shape index (κ3) is 6.45. The molecule has 1 saturated heterocycles. The summed E-state index contributed by atoms with van der Waals surface area (Å²) < 4.78 is 5.30. The molecule has 1 heterocycles. The summed E-state index contributed by atoms with van der Waals surface area (Å²) in [5, 5.41) is 7.04. The number of likely N-dealkylation sites (tertiary alicyclic amines) is 1. The van der Waals surface area contributed by atoms with E-state index in [0.29, 0.717) is 11.5 Å². The number of guanidine groups is 1. The molecule has 1 aliphatic carbocycles. The highest BCUT2D eigenvalue weighted by Gasteiger charge is 2.36. The van der Waals surface area contributed by atoms with E-state index in [-0.39, 0.29) is 0 Å². The highest BCUT2D eigenvalue weighted by Crippen LogP contribution is 2.44. The Labute approximate surface area is 155 Å². The summed E-state index contributed by atoms with van der Waals surface area (Å²) >= 11 is 0. The van der Waals surface area contributed by atoms with E-state index in [1.165, 1.54) is 45.2 Å². The smallest absolute Gasteiger partial charge is 0.191 e. The normalized spacial score (nSPS) is 23.7. The van der Waals surface area contributed by atoms with Crippen molar-refractivity contribution in [3.63, 3.8) is 0 Å². The molecule has 146 valence electrons. The van der Waals surface area contributed by atoms with E-state index in [0.717, 1.165) is 44.5 Å². The zero-order valence-electron chi connectivity index (χ0n) is 16.9. The molecule has 1 saturated carbocycles. The molecule has 0 bridgehead atoms. The minimum absolute atomic E-state index is 0.384. The number of methoxy groups -OCH3 is 1. The molecule has 0 aromatic heterocycles. The van der Waals surface area contributed by atoms with E-state index in [1.807, 2.05) is 0 Å². The van der Waals surface area contributed by atoms with Crippen LogP contribution in [0.5, 0.6) is 0 Å². The van der Waals surface area contributed by atoms with Crippen molar-refractivity contribution in [3.05, 3.63) is 0 Å². The molecular weight excluding hydrogens is 312 g/mol. The first-order chi connectivity index (χ1) is 12.1. The van der Waals surface area contributed by atoms with Gasteiger partial charge in [0.1, 0.15) is 0 Å². The third-order valence-electron chi connectivity index (χ3n) is 5.77. The summed E-state index contributed by atoms with van der Waals surface area (Å²) in [5.41, 5.74) is 0.384. The highest BCUT2D eigenvalue weighted by molar-refractivity contribution is 5.79. The van der Waals surface area contributed by atoms with Crippen molar-refractivity contribution in [2.24, 2.45) is 16.3 Å². The van der Waals surface area contributed by atoms with Gasteiger partial charge in [-0.25, -0.2) is 0 Å². The molecular formula is C20H40N4O. The van der Waals surface area contributed by atoms with Crippen LogP contribution in [0.2, 0.25) is 0 Å². The summed E-state index contributed by atoms with van der Waals surface area (Å²) in [5.74, 6) is 1.73. The summed E-state index contributed by atoms with van der Waals surface area (Å²) in [6.45, 7) is 12.9. The topological polar surface area (TPSA) is 48.9 Å². The van der Waals surface area contributed by atoms with Gasteiger partial charge in [0, 0.05) is 45.9 Å². The van der Waals surface area contributed by atoms with E-state index in [4.69, 9.17) is 9.73 Å². The monoisotopic (exact) mass is 352 g/mol. The number of ether oxygens (including phenoxy) is 1. The maximum absolute atomic E-state index is 5.30. The van der Waals surface area contributed by atoms with Crippen LogP contribution in [0, 0.1) is 11.3 Å². The molecule has 1 aliphatic heterocycles. The second-order valence-electron chi connectivity index (χ2n) is 8.36. The van der Waals surface area contributed by atoms with Crippen LogP contribution in [0.4, 0.5) is 0 Å². The van der Waals surface area contributed by atoms with Crippen LogP contribution >= 0.6 is 0 Å². The Hall–Kier alpha value is -0.810. The minimum atomic E-state index is 0.384. The van der Waals surface area contributed by atoms with Crippen LogP contribution in [0.25, 0.3) is 0 Å². The van der Waals surface area contributed by atoms with Crippen LogP contribution in [0.3, 0.4) is 0 Å². The van der Waals surface area contributed by atoms with Gasteiger partial charge < -0.3 is 15.4 Å². The van der Waals surface area contributed by atoms with Crippen molar-refractivity contribution < 1.29 is 4.74 Å². The molecule has 0 spiro atoms. The largest absolute Gasteiger partial charge is 0.385 e. The Morgan fingerprint density at radius 3 is 2.68 bits per heavy atom. The van der Waals surface area contributed by atoms with Crippen molar-refractivity contribution in [1.29, 1.82) is 0 Å². The summed E-state index contributed by atoms with van der Waals surface area (Å²) in [4.78, 5) is 7.57. The predicted molar refractivity (Wildman–Crippen MR) is 106 cm³/mol. The molecule has 25 heavy (non-hydrogen) atoms. The number of hydrogen-bond acceptors (Lipinski definition) is 3. The van der Waals surface area contributed by atoms with Gasteiger partial charge in [-0.15, -0.1) is 0 Å². The van der Waals surface area contributed by atoms with E-state index >= 15 is 0 Å². The lowest BCUT2D eigenvalue weighted by Gasteiger charge is -2.40. The maximum Gasteiger partial charge on any atom is 0.191 e. The summed E-state index contributed by atoms with van der Waals surface area (Å²) in [6, 6.07) is 0.650.